The number of sulfonamides is 1. The summed E-state index contributed by atoms with van der Waals surface area (Å²) < 4.78 is 25.9. The minimum Gasteiger partial charge on any atom is -0.311 e. The number of anilines is 2. The Labute approximate surface area is 159 Å². The lowest BCUT2D eigenvalue weighted by Gasteiger charge is -2.32. The lowest BCUT2D eigenvalue weighted by molar-refractivity contribution is -0.117. The van der Waals surface area contributed by atoms with Crippen molar-refractivity contribution >= 4 is 38.9 Å². The largest absolute Gasteiger partial charge is 0.311 e. The number of hydrogen-bond acceptors (Lipinski definition) is 3. The smallest absolute Gasteiger partial charge is 0.247 e. The summed E-state index contributed by atoms with van der Waals surface area (Å²) in [6.45, 7) is 2.08. The molecule has 1 aliphatic rings. The maximum Gasteiger partial charge on any atom is 0.247 e. The number of halogens is 1. The molecule has 0 atom stereocenters. The van der Waals surface area contributed by atoms with Crippen LogP contribution in [0.25, 0.3) is 0 Å². The van der Waals surface area contributed by atoms with Gasteiger partial charge in [-0.25, -0.2) is 8.42 Å². The third-order valence-corrected chi connectivity index (χ3v) is 6.13. The summed E-state index contributed by atoms with van der Waals surface area (Å²) in [4.78, 5) is 14.7. The number of nitrogens with zero attached hydrogens (tertiary/aromatic N) is 2. The van der Waals surface area contributed by atoms with E-state index in [9.17, 15) is 13.2 Å². The van der Waals surface area contributed by atoms with Crippen LogP contribution in [-0.2, 0) is 21.2 Å². The highest BCUT2D eigenvalue weighted by atomic mass is 35.5. The Balaban J connectivity index is 1.94. The minimum atomic E-state index is -3.64. The van der Waals surface area contributed by atoms with Crippen LogP contribution in [0.3, 0.4) is 0 Å². The van der Waals surface area contributed by atoms with Crippen molar-refractivity contribution in [3.8, 4) is 0 Å². The molecule has 0 bridgehead atoms. The van der Waals surface area contributed by atoms with Crippen LogP contribution in [0.1, 0.15) is 17.5 Å². The fourth-order valence-corrected chi connectivity index (χ4v) is 4.32. The molecule has 0 aromatic heterocycles. The number of fused-ring (bicyclic) bond motifs is 1. The quantitative estimate of drug-likeness (QED) is 0.801. The molecule has 1 aliphatic heterocycles. The van der Waals surface area contributed by atoms with E-state index < -0.39 is 10.0 Å². The molecular formula is C19H21ClN2O3S. The molecule has 0 N–H and O–H groups in total. The fourth-order valence-electron chi connectivity index (χ4n) is 3.25. The van der Waals surface area contributed by atoms with Crippen molar-refractivity contribution in [3.63, 3.8) is 0 Å². The Hall–Kier alpha value is -2.05. The van der Waals surface area contributed by atoms with Crippen LogP contribution in [0.2, 0.25) is 5.02 Å². The number of carbonyl (C=O) groups excluding carboxylic acids is 1. The molecule has 26 heavy (non-hydrogen) atoms. The Morgan fingerprint density at radius 2 is 1.92 bits per heavy atom. The van der Waals surface area contributed by atoms with Crippen molar-refractivity contribution in [1.82, 2.24) is 0 Å². The second kappa shape index (κ2) is 7.29. The van der Waals surface area contributed by atoms with Crippen molar-refractivity contribution < 1.29 is 13.2 Å². The summed E-state index contributed by atoms with van der Waals surface area (Å²) in [6.07, 6.45) is 2.88. The summed E-state index contributed by atoms with van der Waals surface area (Å²) in [6, 6.07) is 12.8. The maximum atomic E-state index is 13.0. The van der Waals surface area contributed by atoms with E-state index >= 15 is 0 Å². The molecule has 2 aromatic rings. The minimum absolute atomic E-state index is 0.248. The van der Waals surface area contributed by atoms with E-state index in [1.807, 2.05) is 24.3 Å². The second-order valence-electron chi connectivity index (χ2n) is 6.43. The summed E-state index contributed by atoms with van der Waals surface area (Å²) in [7, 11) is -3.64. The molecule has 7 heteroatoms. The maximum absolute atomic E-state index is 13.0. The average molecular weight is 393 g/mol. The molecule has 0 saturated heterocycles. The molecule has 0 aliphatic carbocycles. The fraction of sp³-hybridized carbons (Fsp3) is 0.316. The summed E-state index contributed by atoms with van der Waals surface area (Å²) in [5, 5.41) is 0.465. The lowest BCUT2D eigenvalue weighted by atomic mass is 10.0. The molecule has 2 aromatic carbocycles. The third kappa shape index (κ3) is 3.71. The first-order valence-corrected chi connectivity index (χ1v) is 10.6. The van der Waals surface area contributed by atoms with Gasteiger partial charge >= 0.3 is 0 Å². The summed E-state index contributed by atoms with van der Waals surface area (Å²) in [5.41, 5.74) is 3.03. The van der Waals surface area contributed by atoms with Gasteiger partial charge in [-0.1, -0.05) is 35.9 Å². The summed E-state index contributed by atoms with van der Waals surface area (Å²) >= 11 is 6.14. The van der Waals surface area contributed by atoms with Crippen molar-refractivity contribution in [2.45, 2.75) is 19.8 Å². The van der Waals surface area contributed by atoms with Crippen LogP contribution >= 0.6 is 11.6 Å². The van der Waals surface area contributed by atoms with Crippen LogP contribution in [-0.4, -0.2) is 33.7 Å². The van der Waals surface area contributed by atoms with Gasteiger partial charge in [0.05, 0.1) is 11.9 Å². The molecule has 138 valence electrons. The predicted octanol–water partition coefficient (Wildman–Crippen LogP) is 3.39. The van der Waals surface area contributed by atoms with Gasteiger partial charge in [0.2, 0.25) is 15.9 Å². The molecule has 3 rings (SSSR count). The van der Waals surface area contributed by atoms with E-state index in [1.165, 1.54) is 0 Å². The molecule has 0 spiro atoms. The Bertz CT molecular complexity index is 944. The number of amides is 1. The number of para-hydroxylation sites is 1. The van der Waals surface area contributed by atoms with Gasteiger partial charge in [-0.2, -0.15) is 0 Å². The van der Waals surface area contributed by atoms with Gasteiger partial charge in [0, 0.05) is 17.3 Å². The summed E-state index contributed by atoms with van der Waals surface area (Å²) in [5.74, 6) is -0.248. The third-order valence-electron chi connectivity index (χ3n) is 4.60. The Kier molecular flexibility index (Phi) is 5.25. The molecular weight excluding hydrogens is 372 g/mol. The van der Waals surface area contributed by atoms with Crippen molar-refractivity contribution in [1.29, 1.82) is 0 Å². The van der Waals surface area contributed by atoms with E-state index in [-0.39, 0.29) is 12.5 Å². The zero-order chi connectivity index (χ0) is 18.9. The Morgan fingerprint density at radius 3 is 2.65 bits per heavy atom. The molecule has 5 nitrogen and oxygen atoms in total. The van der Waals surface area contributed by atoms with E-state index in [0.717, 1.165) is 34.7 Å². The monoisotopic (exact) mass is 392 g/mol. The topological polar surface area (TPSA) is 57.7 Å². The lowest BCUT2D eigenvalue weighted by Crippen LogP contribution is -2.44. The normalized spacial score (nSPS) is 14.0. The molecule has 1 amide bonds. The average Bonchev–Trinajstić information content (AvgIpc) is 2.61. The predicted molar refractivity (Wildman–Crippen MR) is 105 cm³/mol. The van der Waals surface area contributed by atoms with E-state index in [0.29, 0.717) is 22.8 Å². The van der Waals surface area contributed by atoms with Crippen LogP contribution in [0.5, 0.6) is 0 Å². The second-order valence-corrected chi connectivity index (χ2v) is 8.75. The van der Waals surface area contributed by atoms with E-state index in [2.05, 4.69) is 0 Å². The van der Waals surface area contributed by atoms with Gasteiger partial charge in [-0.15, -0.1) is 0 Å². The van der Waals surface area contributed by atoms with Gasteiger partial charge in [0.1, 0.15) is 6.54 Å². The van der Waals surface area contributed by atoms with E-state index in [4.69, 9.17) is 11.6 Å². The van der Waals surface area contributed by atoms with Crippen molar-refractivity contribution in [3.05, 3.63) is 58.6 Å². The first-order valence-electron chi connectivity index (χ1n) is 8.40. The van der Waals surface area contributed by atoms with Gasteiger partial charge in [0.25, 0.3) is 0 Å². The van der Waals surface area contributed by atoms with E-state index in [1.54, 1.807) is 30.0 Å². The molecule has 0 radical (unpaired) electrons. The molecule has 1 heterocycles. The van der Waals surface area contributed by atoms with Gasteiger partial charge in [-0.3, -0.25) is 9.10 Å². The number of carbonyl (C=O) groups is 1. The number of aryl methyl sites for hydroxylation is 1. The van der Waals surface area contributed by atoms with Crippen molar-refractivity contribution in [2.24, 2.45) is 0 Å². The standard InChI is InChI=1S/C19H21ClN2O3S/c1-14-16(20)9-5-11-17(14)22(26(2,24)25)13-19(23)21-12-6-8-15-7-3-4-10-18(15)21/h3-5,7,9-11H,6,8,12-13H2,1-2H3. The zero-order valence-corrected chi connectivity index (χ0v) is 16.3. The van der Waals surface area contributed by atoms with Crippen LogP contribution in [0.4, 0.5) is 11.4 Å². The SMILES string of the molecule is Cc1c(Cl)cccc1N(CC(=O)N1CCCc2ccccc21)S(C)(=O)=O. The van der Waals surface area contributed by atoms with Gasteiger partial charge in [0.15, 0.2) is 0 Å². The zero-order valence-electron chi connectivity index (χ0n) is 14.8. The number of benzene rings is 2. The van der Waals surface area contributed by atoms with Crippen molar-refractivity contribution in [2.75, 3.05) is 28.6 Å². The first-order chi connectivity index (χ1) is 12.3. The highest BCUT2D eigenvalue weighted by Crippen LogP contribution is 2.30. The Morgan fingerprint density at radius 1 is 1.19 bits per heavy atom. The highest BCUT2D eigenvalue weighted by Gasteiger charge is 2.28. The van der Waals surface area contributed by atoms with Gasteiger partial charge in [-0.05, 0) is 49.1 Å². The number of hydrogen-bond donors (Lipinski definition) is 0. The first kappa shape index (κ1) is 18.7. The molecule has 0 fully saturated rings. The van der Waals surface area contributed by atoms with Crippen LogP contribution in [0.15, 0.2) is 42.5 Å². The van der Waals surface area contributed by atoms with Crippen LogP contribution in [0, 0.1) is 6.92 Å². The highest BCUT2D eigenvalue weighted by molar-refractivity contribution is 7.92. The molecule has 0 unspecified atom stereocenters. The molecule has 0 saturated carbocycles. The van der Waals surface area contributed by atoms with Crippen LogP contribution < -0.4 is 9.21 Å². The number of rotatable bonds is 4. The van der Waals surface area contributed by atoms with Gasteiger partial charge < -0.3 is 4.90 Å².